The number of allylic oxidation sites excluding steroid dienone is 6. The highest BCUT2D eigenvalue weighted by atomic mass is 14.0. The first-order valence-corrected chi connectivity index (χ1v) is 4.43. The van der Waals surface area contributed by atoms with Crippen molar-refractivity contribution in [2.24, 2.45) is 0 Å². The molecular weight excluding hydrogens is 132 g/mol. The van der Waals surface area contributed by atoms with Crippen molar-refractivity contribution in [3.8, 4) is 0 Å². The summed E-state index contributed by atoms with van der Waals surface area (Å²) in [7, 11) is 0. The van der Waals surface area contributed by atoms with Crippen molar-refractivity contribution in [3.05, 3.63) is 36.0 Å². The van der Waals surface area contributed by atoms with Crippen molar-refractivity contribution in [1.29, 1.82) is 0 Å². The van der Waals surface area contributed by atoms with Crippen LogP contribution in [0.1, 0.15) is 33.6 Å². The fraction of sp³-hybridized carbons (Fsp3) is 0.455. The standard InChI is InChI=1S/C9H12.C2H6/c1-2-6-9-7-4-3-5-8-9;1-2/h2,4,6-8H,3,5H2,1H3;1-2H3/b6-2-;. The van der Waals surface area contributed by atoms with Crippen LogP contribution in [0.2, 0.25) is 0 Å². The zero-order chi connectivity index (χ0) is 8.53. The van der Waals surface area contributed by atoms with Gasteiger partial charge in [-0.3, -0.25) is 0 Å². The molecule has 0 nitrogen and oxygen atoms in total. The van der Waals surface area contributed by atoms with Crippen LogP contribution >= 0.6 is 0 Å². The molecule has 0 heterocycles. The fourth-order valence-corrected chi connectivity index (χ4v) is 0.950. The molecule has 0 N–H and O–H groups in total. The van der Waals surface area contributed by atoms with Crippen LogP contribution in [0.4, 0.5) is 0 Å². The Bertz CT molecular complexity index is 155. The largest absolute Gasteiger partial charge is 0.0871 e. The van der Waals surface area contributed by atoms with E-state index in [0.717, 1.165) is 0 Å². The Morgan fingerprint density at radius 3 is 2.45 bits per heavy atom. The van der Waals surface area contributed by atoms with E-state index in [2.05, 4.69) is 30.4 Å². The number of hydrogen-bond acceptors (Lipinski definition) is 0. The van der Waals surface area contributed by atoms with E-state index >= 15 is 0 Å². The van der Waals surface area contributed by atoms with Gasteiger partial charge in [0.15, 0.2) is 0 Å². The van der Waals surface area contributed by atoms with Crippen LogP contribution < -0.4 is 0 Å². The molecule has 0 amide bonds. The monoisotopic (exact) mass is 150 g/mol. The molecule has 0 radical (unpaired) electrons. The van der Waals surface area contributed by atoms with E-state index in [4.69, 9.17) is 0 Å². The lowest BCUT2D eigenvalue weighted by Crippen LogP contribution is -1.78. The van der Waals surface area contributed by atoms with Gasteiger partial charge in [-0.2, -0.15) is 0 Å². The van der Waals surface area contributed by atoms with Crippen molar-refractivity contribution in [2.75, 3.05) is 0 Å². The first-order valence-electron chi connectivity index (χ1n) is 4.43. The average molecular weight is 150 g/mol. The number of hydrogen-bond donors (Lipinski definition) is 0. The quantitative estimate of drug-likeness (QED) is 0.532. The molecule has 1 aliphatic carbocycles. The van der Waals surface area contributed by atoms with Gasteiger partial charge in [0.2, 0.25) is 0 Å². The third kappa shape index (κ3) is 4.60. The Balaban J connectivity index is 0.000000461. The highest BCUT2D eigenvalue weighted by Crippen LogP contribution is 2.09. The maximum atomic E-state index is 2.26. The normalized spacial score (nSPS) is 15.7. The summed E-state index contributed by atoms with van der Waals surface area (Å²) >= 11 is 0. The molecule has 0 aromatic heterocycles. The average Bonchev–Trinajstić information content (AvgIpc) is 2.11. The van der Waals surface area contributed by atoms with Gasteiger partial charge in [0.05, 0.1) is 0 Å². The molecule has 0 aliphatic heterocycles. The molecule has 11 heavy (non-hydrogen) atoms. The topological polar surface area (TPSA) is 0 Å². The molecule has 0 aromatic carbocycles. The van der Waals surface area contributed by atoms with Gasteiger partial charge in [0.1, 0.15) is 0 Å². The van der Waals surface area contributed by atoms with Crippen LogP contribution in [0.3, 0.4) is 0 Å². The van der Waals surface area contributed by atoms with Crippen molar-refractivity contribution in [1.82, 2.24) is 0 Å². The van der Waals surface area contributed by atoms with E-state index < -0.39 is 0 Å². The lowest BCUT2D eigenvalue weighted by molar-refractivity contribution is 1.02. The lowest BCUT2D eigenvalue weighted by Gasteiger charge is -1.99. The van der Waals surface area contributed by atoms with Gasteiger partial charge in [-0.25, -0.2) is 0 Å². The van der Waals surface area contributed by atoms with Gasteiger partial charge in [-0.1, -0.05) is 44.2 Å². The molecule has 62 valence electrons. The summed E-state index contributed by atoms with van der Waals surface area (Å²) in [5.41, 5.74) is 1.35. The Morgan fingerprint density at radius 1 is 1.27 bits per heavy atom. The summed E-state index contributed by atoms with van der Waals surface area (Å²) < 4.78 is 0. The smallest absolute Gasteiger partial charge is 0.0303 e. The van der Waals surface area contributed by atoms with Gasteiger partial charge in [0, 0.05) is 0 Å². The molecule has 0 saturated carbocycles. The molecule has 0 spiro atoms. The molecule has 0 aromatic rings. The van der Waals surface area contributed by atoms with Crippen LogP contribution in [-0.4, -0.2) is 0 Å². The molecule has 1 rings (SSSR count). The molecule has 0 unspecified atom stereocenters. The Hall–Kier alpha value is -0.780. The predicted molar refractivity (Wildman–Crippen MR) is 52.6 cm³/mol. The minimum atomic E-state index is 1.20. The van der Waals surface area contributed by atoms with Crippen molar-refractivity contribution in [3.63, 3.8) is 0 Å². The Kier molecular flexibility index (Phi) is 6.81. The van der Waals surface area contributed by atoms with Crippen molar-refractivity contribution >= 4 is 0 Å². The highest BCUT2D eigenvalue weighted by molar-refractivity contribution is 5.32. The van der Waals surface area contributed by atoms with Crippen molar-refractivity contribution in [2.45, 2.75) is 33.6 Å². The number of rotatable bonds is 1. The van der Waals surface area contributed by atoms with E-state index in [1.165, 1.54) is 18.4 Å². The van der Waals surface area contributed by atoms with E-state index in [0.29, 0.717) is 0 Å². The van der Waals surface area contributed by atoms with Gasteiger partial charge in [-0.05, 0) is 25.3 Å². The van der Waals surface area contributed by atoms with Crippen LogP contribution in [0.15, 0.2) is 36.0 Å². The summed E-state index contributed by atoms with van der Waals surface area (Å²) in [5, 5.41) is 0. The third-order valence-corrected chi connectivity index (χ3v) is 1.38. The van der Waals surface area contributed by atoms with Crippen molar-refractivity contribution < 1.29 is 0 Å². The summed E-state index contributed by atoms with van der Waals surface area (Å²) in [6.45, 7) is 6.04. The summed E-state index contributed by atoms with van der Waals surface area (Å²) in [6, 6.07) is 0. The van der Waals surface area contributed by atoms with E-state index in [1.807, 2.05) is 20.8 Å². The predicted octanol–water partition coefficient (Wildman–Crippen LogP) is 3.87. The maximum Gasteiger partial charge on any atom is -0.0303 e. The zero-order valence-corrected chi connectivity index (χ0v) is 7.80. The summed E-state index contributed by atoms with van der Waals surface area (Å²) in [5.74, 6) is 0. The Morgan fingerprint density at radius 2 is 2.00 bits per heavy atom. The van der Waals surface area contributed by atoms with E-state index in [1.54, 1.807) is 0 Å². The second-order valence-corrected chi connectivity index (χ2v) is 2.18. The van der Waals surface area contributed by atoms with Crippen LogP contribution in [0, 0.1) is 0 Å². The highest BCUT2D eigenvalue weighted by Gasteiger charge is 1.89. The summed E-state index contributed by atoms with van der Waals surface area (Å²) in [6.07, 6.45) is 13.3. The molecule has 0 heteroatoms. The fourth-order valence-electron chi connectivity index (χ4n) is 0.950. The minimum absolute atomic E-state index is 1.20. The lowest BCUT2D eigenvalue weighted by atomic mass is 10.1. The molecule has 1 aliphatic rings. The second-order valence-electron chi connectivity index (χ2n) is 2.18. The SMILES string of the molecule is C/C=C\C1=CCCC=C1.CC. The van der Waals surface area contributed by atoms with Gasteiger partial charge >= 0.3 is 0 Å². The van der Waals surface area contributed by atoms with E-state index in [-0.39, 0.29) is 0 Å². The third-order valence-electron chi connectivity index (χ3n) is 1.38. The molecule has 0 fully saturated rings. The zero-order valence-electron chi connectivity index (χ0n) is 7.80. The first-order chi connectivity index (χ1) is 5.43. The Labute approximate surface area is 70.3 Å². The first kappa shape index (κ1) is 10.2. The minimum Gasteiger partial charge on any atom is -0.0871 e. The summed E-state index contributed by atoms with van der Waals surface area (Å²) in [4.78, 5) is 0. The molecular formula is C11H18. The van der Waals surface area contributed by atoms with Gasteiger partial charge < -0.3 is 0 Å². The molecule has 0 atom stereocenters. The second kappa shape index (κ2) is 7.33. The molecule has 0 saturated heterocycles. The van der Waals surface area contributed by atoms with Crippen LogP contribution in [-0.2, 0) is 0 Å². The van der Waals surface area contributed by atoms with Gasteiger partial charge in [-0.15, -0.1) is 0 Å². The maximum absolute atomic E-state index is 2.26. The van der Waals surface area contributed by atoms with Crippen LogP contribution in [0.25, 0.3) is 0 Å². The molecule has 0 bridgehead atoms. The van der Waals surface area contributed by atoms with Gasteiger partial charge in [0.25, 0.3) is 0 Å². The van der Waals surface area contributed by atoms with E-state index in [9.17, 15) is 0 Å². The van der Waals surface area contributed by atoms with Crippen LogP contribution in [0.5, 0.6) is 0 Å².